The number of nitrogens with one attached hydrogen (secondary N) is 2. The molecule has 0 saturated carbocycles. The van der Waals surface area contributed by atoms with Crippen LogP contribution in [-0.2, 0) is 13.0 Å². The van der Waals surface area contributed by atoms with Crippen LogP contribution in [0.4, 0.5) is 5.69 Å². The summed E-state index contributed by atoms with van der Waals surface area (Å²) >= 11 is 0. The molecule has 0 aliphatic carbocycles. The molecule has 2 rings (SSSR count). The summed E-state index contributed by atoms with van der Waals surface area (Å²) in [5.41, 5.74) is 4.20. The first-order chi connectivity index (χ1) is 8.42. The van der Waals surface area contributed by atoms with E-state index in [1.807, 2.05) is 6.92 Å². The largest absolute Gasteiger partial charge is 0.385 e. The molecule has 2 N–H and O–H groups in total. The van der Waals surface area contributed by atoms with Crippen LogP contribution in [0, 0.1) is 11.8 Å². The number of anilines is 1. The van der Waals surface area contributed by atoms with Crippen molar-refractivity contribution in [2.75, 3.05) is 18.4 Å². The number of benzene rings is 1. The summed E-state index contributed by atoms with van der Waals surface area (Å²) in [6.07, 6.45) is 3.38. The maximum absolute atomic E-state index is 3.52. The van der Waals surface area contributed by atoms with E-state index in [-0.39, 0.29) is 0 Å². The van der Waals surface area contributed by atoms with Crippen LogP contribution >= 0.6 is 0 Å². The summed E-state index contributed by atoms with van der Waals surface area (Å²) < 4.78 is 0. The molecule has 0 radical (unpaired) electrons. The Balaban J connectivity index is 1.93. The van der Waals surface area contributed by atoms with Gasteiger partial charge in [-0.3, -0.25) is 0 Å². The lowest BCUT2D eigenvalue weighted by Gasteiger charge is -2.21. The molecule has 2 nitrogen and oxygen atoms in total. The van der Waals surface area contributed by atoms with Crippen LogP contribution in [0.3, 0.4) is 0 Å². The number of rotatable bonds is 4. The average molecular weight is 228 g/mol. The number of hydrogen-bond acceptors (Lipinski definition) is 2. The molecule has 0 atom stereocenters. The second-order valence-electron chi connectivity index (χ2n) is 4.34. The maximum Gasteiger partial charge on any atom is 0.0418 e. The summed E-state index contributed by atoms with van der Waals surface area (Å²) in [6, 6.07) is 6.60. The minimum atomic E-state index is 0.930. The summed E-state index contributed by atoms with van der Waals surface area (Å²) in [6.45, 7) is 4.88. The van der Waals surface area contributed by atoms with Crippen LogP contribution < -0.4 is 10.6 Å². The smallest absolute Gasteiger partial charge is 0.0418 e. The number of para-hydroxylation sites is 1. The molecule has 0 amide bonds. The van der Waals surface area contributed by atoms with E-state index in [1.165, 1.54) is 29.7 Å². The highest BCUT2D eigenvalue weighted by molar-refractivity contribution is 5.59. The van der Waals surface area contributed by atoms with E-state index in [9.17, 15) is 0 Å². The van der Waals surface area contributed by atoms with Gasteiger partial charge >= 0.3 is 0 Å². The Kier molecular flexibility index (Phi) is 4.46. The van der Waals surface area contributed by atoms with Crippen LogP contribution in [0.2, 0.25) is 0 Å². The van der Waals surface area contributed by atoms with Crippen LogP contribution in [-0.4, -0.2) is 13.1 Å². The molecule has 1 aromatic carbocycles. The maximum atomic E-state index is 3.52. The Morgan fingerprint density at radius 1 is 1.41 bits per heavy atom. The van der Waals surface area contributed by atoms with Gasteiger partial charge in [0.05, 0.1) is 0 Å². The van der Waals surface area contributed by atoms with Crippen LogP contribution in [0.1, 0.15) is 30.9 Å². The van der Waals surface area contributed by atoms with Crippen molar-refractivity contribution in [3.05, 3.63) is 29.3 Å². The zero-order chi connectivity index (χ0) is 11.9. The Morgan fingerprint density at radius 3 is 3.24 bits per heavy atom. The van der Waals surface area contributed by atoms with E-state index in [2.05, 4.69) is 40.7 Å². The van der Waals surface area contributed by atoms with E-state index >= 15 is 0 Å². The Morgan fingerprint density at radius 2 is 2.35 bits per heavy atom. The van der Waals surface area contributed by atoms with Gasteiger partial charge in [-0.25, -0.2) is 0 Å². The van der Waals surface area contributed by atoms with E-state index in [0.717, 1.165) is 26.1 Å². The van der Waals surface area contributed by atoms with Gasteiger partial charge in [0.25, 0.3) is 0 Å². The monoisotopic (exact) mass is 228 g/mol. The van der Waals surface area contributed by atoms with Crippen molar-refractivity contribution in [3.63, 3.8) is 0 Å². The molecule has 2 heteroatoms. The van der Waals surface area contributed by atoms with Gasteiger partial charge in [0.1, 0.15) is 0 Å². The fourth-order valence-corrected chi connectivity index (χ4v) is 2.23. The standard InChI is InChI=1S/C15H20N2/c1-2-3-4-10-16-12-14-8-5-7-13-9-6-11-17-15(13)14/h5,7-8,16-17H,4,6,9-12H2,1H3. The van der Waals surface area contributed by atoms with Crippen molar-refractivity contribution in [1.82, 2.24) is 5.32 Å². The first kappa shape index (κ1) is 12.0. The highest BCUT2D eigenvalue weighted by Crippen LogP contribution is 2.25. The minimum absolute atomic E-state index is 0.930. The van der Waals surface area contributed by atoms with E-state index in [1.54, 1.807) is 0 Å². The molecule has 17 heavy (non-hydrogen) atoms. The predicted octanol–water partition coefficient (Wildman–Crippen LogP) is 2.55. The van der Waals surface area contributed by atoms with Gasteiger partial charge in [-0.2, -0.15) is 0 Å². The molecule has 1 aromatic rings. The Labute approximate surface area is 104 Å². The number of aryl methyl sites for hydroxylation is 1. The lowest BCUT2D eigenvalue weighted by Crippen LogP contribution is -2.19. The van der Waals surface area contributed by atoms with Gasteiger partial charge in [-0.15, -0.1) is 11.8 Å². The lowest BCUT2D eigenvalue weighted by atomic mass is 9.99. The summed E-state index contributed by atoms with van der Waals surface area (Å²) in [5.74, 6) is 5.98. The quantitative estimate of drug-likeness (QED) is 0.611. The van der Waals surface area contributed by atoms with E-state index in [0.29, 0.717) is 0 Å². The summed E-state index contributed by atoms with van der Waals surface area (Å²) in [7, 11) is 0. The predicted molar refractivity (Wildman–Crippen MR) is 73.0 cm³/mol. The number of hydrogen-bond donors (Lipinski definition) is 2. The molecular formula is C15H20N2. The molecule has 90 valence electrons. The van der Waals surface area contributed by atoms with E-state index < -0.39 is 0 Å². The molecule has 1 aliphatic heterocycles. The zero-order valence-corrected chi connectivity index (χ0v) is 10.5. The van der Waals surface area contributed by atoms with Crippen molar-refractivity contribution in [2.24, 2.45) is 0 Å². The second-order valence-corrected chi connectivity index (χ2v) is 4.34. The third kappa shape index (κ3) is 3.25. The van der Waals surface area contributed by atoms with Gasteiger partial charge < -0.3 is 10.6 Å². The molecule has 0 fully saturated rings. The highest BCUT2D eigenvalue weighted by atomic mass is 14.9. The van der Waals surface area contributed by atoms with Crippen molar-refractivity contribution in [2.45, 2.75) is 32.7 Å². The van der Waals surface area contributed by atoms with Crippen LogP contribution in [0.15, 0.2) is 18.2 Å². The Hall–Kier alpha value is -1.46. The van der Waals surface area contributed by atoms with Gasteiger partial charge in [-0.1, -0.05) is 18.2 Å². The van der Waals surface area contributed by atoms with Crippen molar-refractivity contribution in [3.8, 4) is 11.8 Å². The molecule has 0 spiro atoms. The van der Waals surface area contributed by atoms with Crippen molar-refractivity contribution < 1.29 is 0 Å². The first-order valence-electron chi connectivity index (χ1n) is 6.37. The SMILES string of the molecule is CC#CCCNCc1cccc2c1NCCC2. The molecule has 0 saturated heterocycles. The fourth-order valence-electron chi connectivity index (χ4n) is 2.23. The molecule has 0 aromatic heterocycles. The average Bonchev–Trinajstić information content (AvgIpc) is 2.39. The van der Waals surface area contributed by atoms with Crippen molar-refractivity contribution in [1.29, 1.82) is 0 Å². The summed E-state index contributed by atoms with van der Waals surface area (Å²) in [5, 5.41) is 6.96. The fraction of sp³-hybridized carbons (Fsp3) is 0.467. The van der Waals surface area contributed by atoms with Gasteiger partial charge in [-0.05, 0) is 30.9 Å². The second kappa shape index (κ2) is 6.32. The third-order valence-electron chi connectivity index (χ3n) is 3.08. The van der Waals surface area contributed by atoms with Gasteiger partial charge in [0.2, 0.25) is 0 Å². The number of fused-ring (bicyclic) bond motifs is 1. The molecule has 0 unspecified atom stereocenters. The highest BCUT2D eigenvalue weighted by Gasteiger charge is 2.11. The molecular weight excluding hydrogens is 208 g/mol. The third-order valence-corrected chi connectivity index (χ3v) is 3.08. The first-order valence-corrected chi connectivity index (χ1v) is 6.37. The molecule has 1 aliphatic rings. The van der Waals surface area contributed by atoms with Gasteiger partial charge in [0.15, 0.2) is 0 Å². The topological polar surface area (TPSA) is 24.1 Å². The summed E-state index contributed by atoms with van der Waals surface area (Å²) in [4.78, 5) is 0. The molecule has 1 heterocycles. The van der Waals surface area contributed by atoms with E-state index in [4.69, 9.17) is 0 Å². The normalized spacial score (nSPS) is 13.2. The Bertz CT molecular complexity index is 426. The van der Waals surface area contributed by atoms with Crippen LogP contribution in [0.25, 0.3) is 0 Å². The lowest BCUT2D eigenvalue weighted by molar-refractivity contribution is 0.698. The van der Waals surface area contributed by atoms with Gasteiger partial charge in [0, 0.05) is 31.7 Å². The minimum Gasteiger partial charge on any atom is -0.385 e. The van der Waals surface area contributed by atoms with Crippen LogP contribution in [0.5, 0.6) is 0 Å². The zero-order valence-electron chi connectivity index (χ0n) is 10.5. The molecule has 0 bridgehead atoms. The van der Waals surface area contributed by atoms with Crippen molar-refractivity contribution >= 4 is 5.69 Å².